The molecule has 0 aromatic heterocycles. The Morgan fingerprint density at radius 1 is 0.879 bits per heavy atom. The first-order valence-electron chi connectivity index (χ1n) is 11.9. The van der Waals surface area contributed by atoms with Gasteiger partial charge in [-0.05, 0) is 40.7 Å². The lowest BCUT2D eigenvalue weighted by atomic mass is 9.76. The monoisotopic (exact) mass is 437 g/mol. The zero-order chi connectivity index (χ0) is 22.6. The van der Waals surface area contributed by atoms with Gasteiger partial charge in [-0.1, -0.05) is 78.9 Å². The van der Waals surface area contributed by atoms with Crippen molar-refractivity contribution in [1.29, 1.82) is 0 Å². The highest BCUT2D eigenvalue weighted by molar-refractivity contribution is 5.74. The fraction of sp³-hybridized carbons (Fsp3) is 0.276. The van der Waals surface area contributed by atoms with E-state index in [4.69, 9.17) is 0 Å². The number of rotatable bonds is 6. The summed E-state index contributed by atoms with van der Waals surface area (Å²) in [6.45, 7) is 6.80. The van der Waals surface area contributed by atoms with Crippen molar-refractivity contribution in [3.8, 4) is 0 Å². The van der Waals surface area contributed by atoms with Crippen LogP contribution in [0.25, 0.3) is 0 Å². The molecule has 0 bridgehead atoms. The number of nitrogens with zero attached hydrogens (tertiary/aromatic N) is 1. The number of carbonyl (C=O) groups excluding carboxylic acids is 1. The normalized spacial score (nSPS) is 18.8. The summed E-state index contributed by atoms with van der Waals surface area (Å²) in [7, 11) is 0. The van der Waals surface area contributed by atoms with Crippen molar-refractivity contribution in [2.45, 2.75) is 31.2 Å². The minimum atomic E-state index is -0.165. The Hall–Kier alpha value is -3.53. The molecule has 0 radical (unpaired) electrons. The Kier molecular flexibility index (Phi) is 6.16. The molecule has 0 saturated heterocycles. The average Bonchev–Trinajstić information content (AvgIpc) is 2.87. The van der Waals surface area contributed by atoms with Crippen LogP contribution in [0.1, 0.15) is 52.5 Å². The Morgan fingerprint density at radius 3 is 1.94 bits per heavy atom. The highest BCUT2D eigenvalue weighted by Gasteiger charge is 2.34. The van der Waals surface area contributed by atoms with Crippen molar-refractivity contribution in [1.82, 2.24) is 10.6 Å². The van der Waals surface area contributed by atoms with Gasteiger partial charge in [0.2, 0.25) is 0 Å². The van der Waals surface area contributed by atoms with Crippen molar-refractivity contribution in [3.05, 3.63) is 113 Å². The van der Waals surface area contributed by atoms with E-state index >= 15 is 0 Å². The summed E-state index contributed by atoms with van der Waals surface area (Å²) in [5.41, 5.74) is 8.10. The van der Waals surface area contributed by atoms with Gasteiger partial charge in [0.15, 0.2) is 0 Å². The first-order chi connectivity index (χ1) is 16.2. The summed E-state index contributed by atoms with van der Waals surface area (Å²) >= 11 is 0. The zero-order valence-electron chi connectivity index (χ0n) is 19.0. The predicted octanol–water partition coefficient (Wildman–Crippen LogP) is 5.55. The molecule has 4 nitrogen and oxygen atoms in total. The fourth-order valence-electron chi connectivity index (χ4n) is 5.43. The maximum absolute atomic E-state index is 12.2. The van der Waals surface area contributed by atoms with Crippen molar-refractivity contribution in [2.24, 2.45) is 0 Å². The highest BCUT2D eigenvalue weighted by Crippen LogP contribution is 2.48. The molecular formula is C29H31N3O. The number of benzene rings is 3. The topological polar surface area (TPSA) is 44.4 Å². The van der Waals surface area contributed by atoms with Crippen LogP contribution in [0.15, 0.2) is 85.5 Å². The van der Waals surface area contributed by atoms with Gasteiger partial charge in [0.1, 0.15) is 0 Å². The molecule has 4 heteroatoms. The van der Waals surface area contributed by atoms with Crippen LogP contribution in [-0.2, 0) is 6.54 Å². The molecule has 5 rings (SSSR count). The number of amides is 2. The van der Waals surface area contributed by atoms with E-state index in [1.54, 1.807) is 6.08 Å². The number of urea groups is 1. The third kappa shape index (κ3) is 4.38. The molecule has 3 aromatic carbocycles. The lowest BCUT2D eigenvalue weighted by Gasteiger charge is -2.43. The molecule has 33 heavy (non-hydrogen) atoms. The van der Waals surface area contributed by atoms with Crippen LogP contribution >= 0.6 is 0 Å². The number of nitrogens with one attached hydrogen (secondary N) is 2. The van der Waals surface area contributed by atoms with E-state index in [0.717, 1.165) is 31.5 Å². The van der Waals surface area contributed by atoms with E-state index in [9.17, 15) is 4.79 Å². The second kappa shape index (κ2) is 9.53. The second-order valence-corrected chi connectivity index (χ2v) is 8.97. The van der Waals surface area contributed by atoms with Crippen LogP contribution in [0.2, 0.25) is 0 Å². The molecule has 0 fully saturated rings. The Morgan fingerprint density at radius 2 is 1.42 bits per heavy atom. The van der Waals surface area contributed by atoms with Crippen molar-refractivity contribution < 1.29 is 4.79 Å². The maximum atomic E-state index is 12.2. The Labute approximate surface area is 196 Å². The first-order valence-corrected chi connectivity index (χ1v) is 11.9. The van der Waals surface area contributed by atoms with E-state index in [0.29, 0.717) is 24.9 Å². The molecule has 168 valence electrons. The van der Waals surface area contributed by atoms with Crippen LogP contribution in [-0.4, -0.2) is 25.7 Å². The predicted molar refractivity (Wildman–Crippen MR) is 135 cm³/mol. The lowest BCUT2D eigenvalue weighted by Crippen LogP contribution is -2.38. The van der Waals surface area contributed by atoms with Gasteiger partial charge in [0, 0.05) is 43.7 Å². The average molecular weight is 438 g/mol. The molecular weight excluding hydrogens is 406 g/mol. The van der Waals surface area contributed by atoms with Gasteiger partial charge in [-0.2, -0.15) is 0 Å². The summed E-state index contributed by atoms with van der Waals surface area (Å²) in [5, 5.41) is 5.82. The largest absolute Gasteiger partial charge is 0.371 e. The van der Waals surface area contributed by atoms with Gasteiger partial charge in [-0.3, -0.25) is 0 Å². The molecule has 0 saturated carbocycles. The third-order valence-electron chi connectivity index (χ3n) is 6.94. The number of anilines is 1. The molecule has 2 unspecified atom stereocenters. The van der Waals surface area contributed by atoms with Gasteiger partial charge >= 0.3 is 6.03 Å². The number of carbonyl (C=O) groups is 1. The standard InChI is InChI=1S/C29H31N3O/c1-2-15-30-29(33)31-20-21-18-26-24(22-9-5-3-6-10-22)13-16-32-17-14-25(27(19-21)28(26)32)23-11-7-4-8-12-23/h2-12,18-19,24-25H,1,13-17,20H2,(H2,30,31,33). The fourth-order valence-corrected chi connectivity index (χ4v) is 5.43. The summed E-state index contributed by atoms with van der Waals surface area (Å²) in [6, 6.07) is 26.2. The van der Waals surface area contributed by atoms with Crippen molar-refractivity contribution in [2.75, 3.05) is 24.5 Å². The molecule has 2 heterocycles. The molecule has 2 amide bonds. The molecule has 2 atom stereocenters. The van der Waals surface area contributed by atoms with E-state index in [1.807, 2.05) is 0 Å². The van der Waals surface area contributed by atoms with E-state index in [1.165, 1.54) is 27.9 Å². The Bertz CT molecular complexity index is 1050. The number of hydrogen-bond acceptors (Lipinski definition) is 2. The van der Waals surface area contributed by atoms with Gasteiger partial charge in [0.25, 0.3) is 0 Å². The van der Waals surface area contributed by atoms with E-state index in [2.05, 4.69) is 94.9 Å². The van der Waals surface area contributed by atoms with Gasteiger partial charge in [-0.15, -0.1) is 6.58 Å². The molecule has 2 aliphatic rings. The van der Waals surface area contributed by atoms with Crippen molar-refractivity contribution in [3.63, 3.8) is 0 Å². The third-order valence-corrected chi connectivity index (χ3v) is 6.94. The van der Waals surface area contributed by atoms with Crippen LogP contribution < -0.4 is 15.5 Å². The molecule has 0 aliphatic carbocycles. The molecule has 2 aliphatic heterocycles. The summed E-state index contributed by atoms with van der Waals surface area (Å²) in [4.78, 5) is 14.8. The van der Waals surface area contributed by atoms with Crippen LogP contribution in [0.5, 0.6) is 0 Å². The van der Waals surface area contributed by atoms with Crippen LogP contribution in [0.3, 0.4) is 0 Å². The summed E-state index contributed by atoms with van der Waals surface area (Å²) < 4.78 is 0. The molecule has 3 aromatic rings. The number of hydrogen-bond donors (Lipinski definition) is 2. The minimum absolute atomic E-state index is 0.165. The zero-order valence-corrected chi connectivity index (χ0v) is 19.0. The SMILES string of the molecule is C=CCNC(=O)NCc1cc2c3c(c1)C(c1ccccc1)CCN3CCC2c1ccccc1. The maximum Gasteiger partial charge on any atom is 0.315 e. The summed E-state index contributed by atoms with van der Waals surface area (Å²) in [5.74, 6) is 0.750. The van der Waals surface area contributed by atoms with Gasteiger partial charge < -0.3 is 15.5 Å². The minimum Gasteiger partial charge on any atom is -0.371 e. The summed E-state index contributed by atoms with van der Waals surface area (Å²) in [6.07, 6.45) is 3.92. The van der Waals surface area contributed by atoms with Gasteiger partial charge in [0.05, 0.1) is 0 Å². The van der Waals surface area contributed by atoms with Crippen LogP contribution in [0, 0.1) is 0 Å². The highest BCUT2D eigenvalue weighted by atomic mass is 16.2. The van der Waals surface area contributed by atoms with Crippen molar-refractivity contribution >= 4 is 11.7 Å². The first kappa shape index (κ1) is 21.3. The van der Waals surface area contributed by atoms with Gasteiger partial charge in [-0.25, -0.2) is 4.79 Å². The van der Waals surface area contributed by atoms with E-state index < -0.39 is 0 Å². The smallest absolute Gasteiger partial charge is 0.315 e. The second-order valence-electron chi connectivity index (χ2n) is 8.97. The quantitative estimate of drug-likeness (QED) is 0.497. The van der Waals surface area contributed by atoms with E-state index in [-0.39, 0.29) is 6.03 Å². The van der Waals surface area contributed by atoms with Crippen LogP contribution in [0.4, 0.5) is 10.5 Å². The molecule has 0 spiro atoms. The lowest BCUT2D eigenvalue weighted by molar-refractivity contribution is 0.241. The Balaban J connectivity index is 1.57. The molecule has 2 N–H and O–H groups in total.